The van der Waals surface area contributed by atoms with Crippen molar-refractivity contribution in [3.63, 3.8) is 0 Å². The second-order valence-corrected chi connectivity index (χ2v) is 8.10. The molecule has 0 aliphatic carbocycles. The van der Waals surface area contributed by atoms with Crippen molar-refractivity contribution in [1.82, 2.24) is 0 Å². The van der Waals surface area contributed by atoms with E-state index in [2.05, 4.69) is 10.8 Å². The molecule has 0 heterocycles. The van der Waals surface area contributed by atoms with E-state index < -0.39 is 38.5 Å². The van der Waals surface area contributed by atoms with E-state index in [1.807, 2.05) is 0 Å². The molecule has 0 aromatic heterocycles. The van der Waals surface area contributed by atoms with Crippen molar-refractivity contribution in [3.8, 4) is 0 Å². The molecule has 0 N–H and O–H groups in total. The van der Waals surface area contributed by atoms with Crippen molar-refractivity contribution in [3.05, 3.63) is 84.4 Å². The van der Waals surface area contributed by atoms with Crippen LogP contribution in [-0.4, -0.2) is 20.8 Å². The molecular weight excluding hydrogens is 446 g/mol. The highest BCUT2D eigenvalue weighted by Crippen LogP contribution is 2.54. The summed E-state index contributed by atoms with van der Waals surface area (Å²) in [6, 6.07) is 12.2. The average molecular weight is 460 g/mol. The van der Waals surface area contributed by atoms with Crippen LogP contribution in [0.4, 0.5) is 26.3 Å². The third-order valence-electron chi connectivity index (χ3n) is 4.60. The predicted molar refractivity (Wildman–Crippen MR) is 103 cm³/mol. The molecule has 0 saturated heterocycles. The Morgan fingerprint density at radius 3 is 1.84 bits per heavy atom. The Kier molecular flexibility index (Phi) is 5.66. The lowest BCUT2D eigenvalue weighted by Crippen LogP contribution is -2.56. The fourth-order valence-corrected chi connectivity index (χ4v) is 4.24. The molecule has 3 nitrogen and oxygen atoms in total. The molecule has 3 aromatic carbocycles. The second-order valence-electron chi connectivity index (χ2n) is 6.55. The zero-order valence-corrected chi connectivity index (χ0v) is 16.4. The smallest absolute Gasteiger partial charge is 0.235 e. The summed E-state index contributed by atoms with van der Waals surface area (Å²) in [7, 11) is -5.50. The van der Waals surface area contributed by atoms with Gasteiger partial charge in [0.15, 0.2) is 0 Å². The number of benzene rings is 3. The van der Waals surface area contributed by atoms with Crippen molar-refractivity contribution in [2.24, 2.45) is 0 Å². The molecule has 0 bridgehead atoms. The van der Waals surface area contributed by atoms with Crippen LogP contribution in [0.1, 0.15) is 11.1 Å². The van der Waals surface area contributed by atoms with Crippen molar-refractivity contribution in [2.75, 3.05) is 0 Å². The van der Waals surface area contributed by atoms with E-state index >= 15 is 0 Å². The van der Waals surface area contributed by atoms with Gasteiger partial charge in [-0.2, -0.15) is 34.8 Å². The van der Waals surface area contributed by atoms with Crippen molar-refractivity contribution in [1.29, 1.82) is 0 Å². The van der Waals surface area contributed by atoms with Crippen LogP contribution in [0.2, 0.25) is 0 Å². The lowest BCUT2D eigenvalue weighted by Gasteiger charge is -2.36. The molecule has 3 aromatic rings. The molecule has 0 aliphatic rings. The van der Waals surface area contributed by atoms with Crippen LogP contribution in [0.5, 0.6) is 0 Å². The van der Waals surface area contributed by atoms with Crippen LogP contribution in [0.25, 0.3) is 16.8 Å². The van der Waals surface area contributed by atoms with Crippen LogP contribution in [-0.2, 0) is 19.9 Å². The van der Waals surface area contributed by atoms with Crippen molar-refractivity contribution >= 4 is 27.0 Å². The summed E-state index contributed by atoms with van der Waals surface area (Å²) >= 11 is 0. The van der Waals surface area contributed by atoms with Gasteiger partial charge in [-0.1, -0.05) is 67.3 Å². The number of halogens is 6. The molecule has 0 saturated carbocycles. The van der Waals surface area contributed by atoms with Crippen LogP contribution < -0.4 is 0 Å². The highest BCUT2D eigenvalue weighted by atomic mass is 32.2. The summed E-state index contributed by atoms with van der Waals surface area (Å²) in [5, 5.41) is 0.839. The van der Waals surface area contributed by atoms with E-state index in [-0.39, 0.29) is 5.56 Å². The minimum atomic E-state index is -6.15. The fourth-order valence-electron chi connectivity index (χ4n) is 3.02. The first-order chi connectivity index (χ1) is 14.3. The van der Waals surface area contributed by atoms with Gasteiger partial charge in [-0.25, -0.2) is 4.18 Å². The van der Waals surface area contributed by atoms with E-state index in [0.29, 0.717) is 22.9 Å². The number of hydrogen-bond donors (Lipinski definition) is 0. The van der Waals surface area contributed by atoms with Crippen LogP contribution in [0, 0.1) is 0 Å². The normalized spacial score (nSPS) is 13.4. The molecule has 0 unspecified atom stereocenters. The fraction of sp³-hybridized carbons (Fsp3) is 0.143. The predicted octanol–water partition coefficient (Wildman–Crippen LogP) is 6.21. The molecule has 0 spiro atoms. The molecule has 0 radical (unpaired) electrons. The van der Waals surface area contributed by atoms with Crippen molar-refractivity contribution in [2.45, 2.75) is 22.8 Å². The summed E-state index contributed by atoms with van der Waals surface area (Å²) < 4.78 is 113. The van der Waals surface area contributed by atoms with Gasteiger partial charge in [0.05, 0.1) is 4.90 Å². The summed E-state index contributed by atoms with van der Waals surface area (Å²) in [5.74, 6) is 0. The lowest BCUT2D eigenvalue weighted by molar-refractivity contribution is -0.364. The Balaban J connectivity index is 2.22. The maximum Gasteiger partial charge on any atom is 0.432 e. The number of fused-ring (bicyclic) bond motifs is 1. The topological polar surface area (TPSA) is 43.4 Å². The Bertz CT molecular complexity index is 1200. The Hall–Kier alpha value is -2.85. The number of rotatable bonds is 5. The van der Waals surface area contributed by atoms with Crippen LogP contribution >= 0.6 is 0 Å². The van der Waals surface area contributed by atoms with Gasteiger partial charge in [0, 0.05) is 5.56 Å². The van der Waals surface area contributed by atoms with E-state index in [9.17, 15) is 34.8 Å². The zero-order chi connectivity index (χ0) is 23.1. The Morgan fingerprint density at radius 1 is 0.774 bits per heavy atom. The zero-order valence-electron chi connectivity index (χ0n) is 15.5. The highest BCUT2D eigenvalue weighted by Gasteiger charge is 2.75. The van der Waals surface area contributed by atoms with E-state index in [4.69, 9.17) is 0 Å². The lowest BCUT2D eigenvalue weighted by atomic mass is 9.91. The van der Waals surface area contributed by atoms with Gasteiger partial charge >= 0.3 is 18.0 Å². The Morgan fingerprint density at radius 2 is 1.32 bits per heavy atom. The van der Waals surface area contributed by atoms with Gasteiger partial charge in [-0.05, 0) is 28.5 Å². The third-order valence-corrected chi connectivity index (χ3v) is 5.90. The first-order valence-corrected chi connectivity index (χ1v) is 10.0. The maximum absolute atomic E-state index is 13.9. The molecular formula is C21H14F6O3S. The van der Waals surface area contributed by atoms with Crippen LogP contribution in [0.15, 0.2) is 78.2 Å². The number of alkyl halides is 6. The second kappa shape index (κ2) is 7.69. The monoisotopic (exact) mass is 460 g/mol. The summed E-state index contributed by atoms with van der Waals surface area (Å²) in [6.45, 7) is 3.37. The molecule has 0 fully saturated rings. The van der Waals surface area contributed by atoms with E-state index in [1.165, 1.54) is 24.3 Å². The Labute approximate surface area is 173 Å². The quantitative estimate of drug-likeness (QED) is 0.336. The molecule has 0 atom stereocenters. The molecule has 31 heavy (non-hydrogen) atoms. The largest absolute Gasteiger partial charge is 0.432 e. The first kappa shape index (κ1) is 22.8. The average Bonchev–Trinajstić information content (AvgIpc) is 2.70. The molecule has 0 amide bonds. The van der Waals surface area contributed by atoms with Crippen molar-refractivity contribution < 1.29 is 38.9 Å². The minimum Gasteiger partial charge on any atom is -0.235 e. The van der Waals surface area contributed by atoms with Crippen LogP contribution in [0.3, 0.4) is 0 Å². The third kappa shape index (κ3) is 4.05. The standard InChI is InChI=1S/C21H14F6O3S/c1-2-14-7-10-17(11-8-14)19(20(22,23)24,21(25,26)27)30-31(28,29)18-12-9-15-5-3-4-6-16(15)13-18/h2-13H,1H2. The van der Waals surface area contributed by atoms with Gasteiger partial charge in [0.2, 0.25) is 0 Å². The van der Waals surface area contributed by atoms with Gasteiger partial charge in [0.1, 0.15) is 0 Å². The van der Waals surface area contributed by atoms with E-state index in [0.717, 1.165) is 24.3 Å². The van der Waals surface area contributed by atoms with E-state index in [1.54, 1.807) is 12.1 Å². The minimum absolute atomic E-state index is 0.236. The first-order valence-electron chi connectivity index (χ1n) is 8.63. The van der Waals surface area contributed by atoms with Gasteiger partial charge < -0.3 is 0 Å². The molecule has 164 valence electrons. The number of hydrogen-bond acceptors (Lipinski definition) is 3. The van der Waals surface area contributed by atoms with Gasteiger partial charge in [-0.15, -0.1) is 0 Å². The van der Waals surface area contributed by atoms with Gasteiger partial charge in [0.25, 0.3) is 10.1 Å². The SMILES string of the molecule is C=Cc1ccc(C(OS(=O)(=O)c2ccc3ccccc3c2)(C(F)(F)F)C(F)(F)F)cc1. The summed E-state index contributed by atoms with van der Waals surface area (Å²) in [5.41, 5.74) is -6.30. The molecule has 3 rings (SSSR count). The van der Waals surface area contributed by atoms with Gasteiger partial charge in [-0.3, -0.25) is 0 Å². The molecule has 10 heteroatoms. The highest BCUT2D eigenvalue weighted by molar-refractivity contribution is 7.86. The molecule has 0 aliphatic heterocycles. The summed E-state index contributed by atoms with van der Waals surface area (Å²) in [6.07, 6.45) is -11.1. The maximum atomic E-state index is 13.9. The summed E-state index contributed by atoms with van der Waals surface area (Å²) in [4.78, 5) is -0.841.